The molecule has 0 spiro atoms. The van der Waals surface area contributed by atoms with Crippen molar-refractivity contribution < 1.29 is 37.3 Å². The van der Waals surface area contributed by atoms with Gasteiger partial charge in [-0.05, 0) is 6.92 Å². The Morgan fingerprint density at radius 3 is 2.55 bits per heavy atom. The lowest BCUT2D eigenvalue weighted by molar-refractivity contribution is -0.196. The Bertz CT molecular complexity index is 432. The first-order chi connectivity index (χ1) is 9.23. The molecule has 1 amide bonds. The highest BCUT2D eigenvalue weighted by Crippen LogP contribution is 2.30. The summed E-state index contributed by atoms with van der Waals surface area (Å²) >= 11 is 0. The molecule has 0 saturated carbocycles. The van der Waals surface area contributed by atoms with Crippen LogP contribution in [-0.2, 0) is 19.1 Å². The number of alkyl halides is 3. The van der Waals surface area contributed by atoms with Gasteiger partial charge in [0, 0.05) is 7.11 Å². The quantitative estimate of drug-likeness (QED) is 0.759. The van der Waals surface area contributed by atoms with Crippen molar-refractivity contribution in [3.05, 3.63) is 11.3 Å². The molecule has 0 aromatic carbocycles. The van der Waals surface area contributed by atoms with Gasteiger partial charge in [-0.1, -0.05) is 0 Å². The molecular formula is C11H14F3NO5. The summed E-state index contributed by atoms with van der Waals surface area (Å²) in [6, 6.07) is -2.24. The van der Waals surface area contributed by atoms with Gasteiger partial charge < -0.3 is 19.5 Å². The van der Waals surface area contributed by atoms with Crippen LogP contribution < -0.4 is 0 Å². The van der Waals surface area contributed by atoms with Gasteiger partial charge in [0.05, 0.1) is 19.8 Å². The number of carbonyl (C=O) groups is 2. The van der Waals surface area contributed by atoms with Crippen LogP contribution in [0.3, 0.4) is 0 Å². The van der Waals surface area contributed by atoms with Crippen LogP contribution in [0.4, 0.5) is 13.2 Å². The molecule has 0 fully saturated rings. The van der Waals surface area contributed by atoms with Crippen LogP contribution in [0, 0.1) is 0 Å². The van der Waals surface area contributed by atoms with E-state index in [-0.39, 0.29) is 6.61 Å². The van der Waals surface area contributed by atoms with E-state index in [0.29, 0.717) is 4.90 Å². The highest BCUT2D eigenvalue weighted by atomic mass is 19.4. The number of esters is 1. The average molecular weight is 297 g/mol. The maximum Gasteiger partial charge on any atom is 0.411 e. The number of ether oxygens (including phenoxy) is 2. The van der Waals surface area contributed by atoms with E-state index in [2.05, 4.69) is 9.47 Å². The second-order valence-electron chi connectivity index (χ2n) is 3.99. The van der Waals surface area contributed by atoms with Gasteiger partial charge >= 0.3 is 12.1 Å². The standard InChI is InChI=1S/C11H14F3NO5/c1-3-20-10(18)6-4-15(9(17)8(6)16)7(5-19-2)11(12,13)14/h7,16H,3-5H2,1-2H3/t7-/m1/s1. The summed E-state index contributed by atoms with van der Waals surface area (Å²) in [4.78, 5) is 23.4. The van der Waals surface area contributed by atoms with Gasteiger partial charge in [0.1, 0.15) is 5.57 Å². The molecule has 0 unspecified atom stereocenters. The fraction of sp³-hybridized carbons (Fsp3) is 0.636. The molecule has 0 radical (unpaired) electrons. The zero-order chi connectivity index (χ0) is 15.5. The van der Waals surface area contributed by atoms with Crippen LogP contribution in [0.2, 0.25) is 0 Å². The van der Waals surface area contributed by atoms with E-state index in [4.69, 9.17) is 0 Å². The number of amides is 1. The number of nitrogens with zero attached hydrogens (tertiary/aromatic N) is 1. The predicted molar refractivity (Wildman–Crippen MR) is 59.7 cm³/mol. The van der Waals surface area contributed by atoms with E-state index in [1.54, 1.807) is 0 Å². The molecule has 114 valence electrons. The smallest absolute Gasteiger partial charge is 0.411 e. The fourth-order valence-corrected chi connectivity index (χ4v) is 1.73. The number of methoxy groups -OCH3 is 1. The molecule has 6 nitrogen and oxygen atoms in total. The van der Waals surface area contributed by atoms with Crippen molar-refractivity contribution in [3.8, 4) is 0 Å². The lowest BCUT2D eigenvalue weighted by Crippen LogP contribution is -2.50. The van der Waals surface area contributed by atoms with Crippen molar-refractivity contribution in [3.63, 3.8) is 0 Å². The molecule has 1 aliphatic rings. The monoisotopic (exact) mass is 297 g/mol. The summed E-state index contributed by atoms with van der Waals surface area (Å²) < 4.78 is 47.5. The summed E-state index contributed by atoms with van der Waals surface area (Å²) in [7, 11) is 1.05. The minimum atomic E-state index is -4.74. The van der Waals surface area contributed by atoms with Crippen molar-refractivity contribution in [1.29, 1.82) is 0 Å². The molecule has 1 heterocycles. The second kappa shape index (κ2) is 6.12. The minimum absolute atomic E-state index is 0.0232. The number of carbonyl (C=O) groups excluding carboxylic acids is 2. The summed E-state index contributed by atoms with van der Waals surface area (Å²) in [5.74, 6) is -3.31. The molecule has 1 aliphatic heterocycles. The molecule has 0 bridgehead atoms. The minimum Gasteiger partial charge on any atom is -0.503 e. The van der Waals surface area contributed by atoms with Crippen molar-refractivity contribution in [2.24, 2.45) is 0 Å². The van der Waals surface area contributed by atoms with Crippen LogP contribution >= 0.6 is 0 Å². The Hall–Kier alpha value is -1.77. The van der Waals surface area contributed by atoms with Crippen molar-refractivity contribution >= 4 is 11.9 Å². The van der Waals surface area contributed by atoms with Crippen LogP contribution in [0.5, 0.6) is 0 Å². The van der Waals surface area contributed by atoms with E-state index < -0.39 is 48.6 Å². The van der Waals surface area contributed by atoms with Gasteiger partial charge in [0.25, 0.3) is 5.91 Å². The Morgan fingerprint density at radius 2 is 2.10 bits per heavy atom. The number of hydrogen-bond acceptors (Lipinski definition) is 5. The van der Waals surface area contributed by atoms with Gasteiger partial charge in [-0.15, -0.1) is 0 Å². The molecule has 0 aliphatic carbocycles. The van der Waals surface area contributed by atoms with Crippen molar-refractivity contribution in [2.45, 2.75) is 19.1 Å². The van der Waals surface area contributed by atoms with Crippen molar-refractivity contribution in [2.75, 3.05) is 26.9 Å². The maximum absolute atomic E-state index is 12.8. The number of halogens is 3. The molecule has 1 rings (SSSR count). The molecule has 0 aromatic rings. The summed E-state index contributed by atoms with van der Waals surface area (Å²) in [5, 5.41) is 9.49. The van der Waals surface area contributed by atoms with Gasteiger partial charge in [0.15, 0.2) is 11.8 Å². The molecule has 1 N–H and O–H groups in total. The molecule has 0 aromatic heterocycles. The van der Waals surface area contributed by atoms with Crippen LogP contribution in [-0.4, -0.2) is 61.0 Å². The fourth-order valence-electron chi connectivity index (χ4n) is 1.73. The third-order valence-electron chi connectivity index (χ3n) is 2.68. The Balaban J connectivity index is 2.97. The number of hydrogen-bond donors (Lipinski definition) is 1. The van der Waals surface area contributed by atoms with Gasteiger partial charge in [-0.2, -0.15) is 13.2 Å². The van der Waals surface area contributed by atoms with Gasteiger partial charge in [-0.25, -0.2) is 4.79 Å². The highest BCUT2D eigenvalue weighted by Gasteiger charge is 2.49. The van der Waals surface area contributed by atoms with E-state index in [1.807, 2.05) is 0 Å². The first kappa shape index (κ1) is 16.3. The SMILES string of the molecule is CCOC(=O)C1=C(O)C(=O)N([C@H](COC)C(F)(F)F)C1. The lowest BCUT2D eigenvalue weighted by Gasteiger charge is -2.29. The number of rotatable bonds is 5. The first-order valence-corrected chi connectivity index (χ1v) is 5.69. The highest BCUT2D eigenvalue weighted by molar-refractivity contribution is 6.05. The third kappa shape index (κ3) is 3.21. The largest absolute Gasteiger partial charge is 0.503 e. The summed E-state index contributed by atoms with van der Waals surface area (Å²) in [6.07, 6.45) is -4.74. The Labute approximate surface area is 112 Å². The lowest BCUT2D eigenvalue weighted by atomic mass is 10.2. The second-order valence-corrected chi connectivity index (χ2v) is 3.99. The average Bonchev–Trinajstić information content (AvgIpc) is 2.63. The zero-order valence-electron chi connectivity index (χ0n) is 10.9. The zero-order valence-corrected chi connectivity index (χ0v) is 10.9. The molecule has 20 heavy (non-hydrogen) atoms. The van der Waals surface area contributed by atoms with E-state index in [9.17, 15) is 27.9 Å². The van der Waals surface area contributed by atoms with Gasteiger partial charge in [0.2, 0.25) is 0 Å². The predicted octanol–water partition coefficient (Wildman–Crippen LogP) is 0.781. The van der Waals surface area contributed by atoms with E-state index in [0.717, 1.165) is 7.11 Å². The van der Waals surface area contributed by atoms with Crippen molar-refractivity contribution in [1.82, 2.24) is 4.90 Å². The van der Waals surface area contributed by atoms with E-state index in [1.165, 1.54) is 6.92 Å². The normalized spacial score (nSPS) is 17.6. The first-order valence-electron chi connectivity index (χ1n) is 5.69. The topological polar surface area (TPSA) is 76.1 Å². The molecule has 9 heteroatoms. The maximum atomic E-state index is 12.8. The third-order valence-corrected chi connectivity index (χ3v) is 2.68. The van der Waals surface area contributed by atoms with Crippen LogP contribution in [0.15, 0.2) is 11.3 Å². The van der Waals surface area contributed by atoms with Crippen LogP contribution in [0.25, 0.3) is 0 Å². The molecule has 1 atom stereocenters. The number of aliphatic hydroxyl groups is 1. The number of aliphatic hydroxyl groups excluding tert-OH is 1. The van der Waals surface area contributed by atoms with Gasteiger partial charge in [-0.3, -0.25) is 4.79 Å². The Kier molecular flexibility index (Phi) is 4.98. The molecular weight excluding hydrogens is 283 g/mol. The summed E-state index contributed by atoms with van der Waals surface area (Å²) in [5.41, 5.74) is -0.484. The summed E-state index contributed by atoms with van der Waals surface area (Å²) in [6.45, 7) is 0.00767. The van der Waals surface area contributed by atoms with E-state index >= 15 is 0 Å². The molecule has 0 saturated heterocycles. The Morgan fingerprint density at radius 1 is 1.50 bits per heavy atom. The van der Waals surface area contributed by atoms with Crippen LogP contribution in [0.1, 0.15) is 6.92 Å².